The monoisotopic (exact) mass is 385 g/mol. The zero-order valence-electron chi connectivity index (χ0n) is 13.4. The summed E-state index contributed by atoms with van der Waals surface area (Å²) in [5.41, 5.74) is 7.45. The van der Waals surface area contributed by atoms with Gasteiger partial charge in [-0.2, -0.15) is 0 Å². The maximum absolute atomic E-state index is 12.0. The highest BCUT2D eigenvalue weighted by molar-refractivity contribution is 7.98. The second-order valence-electron chi connectivity index (χ2n) is 5.28. The molecule has 0 aliphatic heterocycles. The van der Waals surface area contributed by atoms with Crippen LogP contribution in [0.2, 0.25) is 0 Å². The molecule has 0 spiro atoms. The number of aromatic nitrogens is 1. The number of hydrogen-bond donors (Lipinski definition) is 2. The molecular formula is C15H19N3O3S3. The number of carbonyl (C=O) groups excluding carboxylic acids is 1. The fraction of sp³-hybridized carbons (Fsp3) is 0.333. The van der Waals surface area contributed by atoms with Crippen LogP contribution >= 0.6 is 23.1 Å². The molecule has 130 valence electrons. The maximum atomic E-state index is 12.0. The number of amides is 1. The highest BCUT2D eigenvalue weighted by atomic mass is 32.2. The Morgan fingerprint density at radius 1 is 1.38 bits per heavy atom. The number of thiazole rings is 1. The van der Waals surface area contributed by atoms with Crippen molar-refractivity contribution in [1.82, 2.24) is 4.98 Å². The molecule has 1 amide bonds. The van der Waals surface area contributed by atoms with E-state index in [1.807, 2.05) is 35.9 Å². The summed E-state index contributed by atoms with van der Waals surface area (Å²) in [5, 5.41) is 4.93. The minimum absolute atomic E-state index is 0.0824. The first kappa shape index (κ1) is 18.9. The summed E-state index contributed by atoms with van der Waals surface area (Å²) in [7, 11) is -3.14. The number of thioether (sulfide) groups is 1. The van der Waals surface area contributed by atoms with Crippen LogP contribution in [-0.4, -0.2) is 43.6 Å². The van der Waals surface area contributed by atoms with Gasteiger partial charge in [-0.15, -0.1) is 23.1 Å². The summed E-state index contributed by atoms with van der Waals surface area (Å²) >= 11 is 2.97. The van der Waals surface area contributed by atoms with Gasteiger partial charge in [0.25, 0.3) is 0 Å². The highest BCUT2D eigenvalue weighted by Gasteiger charge is 2.17. The van der Waals surface area contributed by atoms with Crippen LogP contribution in [0.1, 0.15) is 6.42 Å². The van der Waals surface area contributed by atoms with Crippen molar-refractivity contribution in [2.24, 2.45) is 5.73 Å². The van der Waals surface area contributed by atoms with Gasteiger partial charge in [0, 0.05) is 22.1 Å². The van der Waals surface area contributed by atoms with Crippen LogP contribution < -0.4 is 11.1 Å². The number of carbonyl (C=O) groups is 1. The molecule has 1 aromatic carbocycles. The summed E-state index contributed by atoms with van der Waals surface area (Å²) in [6.45, 7) is 0. The van der Waals surface area contributed by atoms with Gasteiger partial charge in [0.1, 0.15) is 9.84 Å². The summed E-state index contributed by atoms with van der Waals surface area (Å²) in [4.78, 5) is 17.5. The highest BCUT2D eigenvalue weighted by Crippen LogP contribution is 2.26. The Kier molecular flexibility index (Phi) is 6.39. The van der Waals surface area contributed by atoms with Gasteiger partial charge in [0.15, 0.2) is 5.13 Å². The van der Waals surface area contributed by atoms with Gasteiger partial charge < -0.3 is 11.1 Å². The quantitative estimate of drug-likeness (QED) is 0.709. The minimum atomic E-state index is -3.14. The first-order chi connectivity index (χ1) is 11.3. The SMILES string of the molecule is CSc1ccc(-c2csc(NC(=O)C(N)CCS(C)(=O)=O)n2)cc1. The molecule has 1 aromatic heterocycles. The van der Waals surface area contributed by atoms with Crippen molar-refractivity contribution < 1.29 is 13.2 Å². The molecule has 0 aliphatic rings. The molecule has 0 saturated carbocycles. The number of anilines is 1. The lowest BCUT2D eigenvalue weighted by Crippen LogP contribution is -2.37. The second kappa shape index (κ2) is 8.11. The molecule has 3 N–H and O–H groups in total. The summed E-state index contributed by atoms with van der Waals surface area (Å²) < 4.78 is 22.2. The Bertz CT molecular complexity index is 801. The van der Waals surface area contributed by atoms with E-state index < -0.39 is 21.8 Å². The summed E-state index contributed by atoms with van der Waals surface area (Å²) in [5.74, 6) is -0.552. The van der Waals surface area contributed by atoms with Crippen molar-refractivity contribution in [3.63, 3.8) is 0 Å². The van der Waals surface area contributed by atoms with E-state index in [1.54, 1.807) is 11.8 Å². The van der Waals surface area contributed by atoms with Gasteiger partial charge in [-0.05, 0) is 24.8 Å². The zero-order valence-corrected chi connectivity index (χ0v) is 15.8. The van der Waals surface area contributed by atoms with E-state index >= 15 is 0 Å². The van der Waals surface area contributed by atoms with E-state index in [-0.39, 0.29) is 12.2 Å². The molecule has 0 saturated heterocycles. The van der Waals surface area contributed by atoms with Crippen molar-refractivity contribution in [2.75, 3.05) is 23.6 Å². The van der Waals surface area contributed by atoms with Gasteiger partial charge in [-0.25, -0.2) is 13.4 Å². The molecule has 2 rings (SSSR count). The lowest BCUT2D eigenvalue weighted by molar-refractivity contribution is -0.117. The van der Waals surface area contributed by atoms with Crippen molar-refractivity contribution in [3.05, 3.63) is 29.6 Å². The maximum Gasteiger partial charge on any atom is 0.243 e. The largest absolute Gasteiger partial charge is 0.320 e. The first-order valence-corrected chi connectivity index (χ1v) is 11.3. The Morgan fingerprint density at radius 3 is 2.62 bits per heavy atom. The van der Waals surface area contributed by atoms with Crippen molar-refractivity contribution >= 4 is 44.0 Å². The predicted octanol–water partition coefficient (Wildman–Crippen LogP) is 2.23. The fourth-order valence-electron chi connectivity index (χ4n) is 1.90. The van der Waals surface area contributed by atoms with Crippen molar-refractivity contribution in [1.29, 1.82) is 0 Å². The van der Waals surface area contributed by atoms with E-state index in [2.05, 4.69) is 10.3 Å². The molecule has 1 atom stereocenters. The third kappa shape index (κ3) is 5.59. The minimum Gasteiger partial charge on any atom is -0.320 e. The molecule has 1 unspecified atom stereocenters. The number of sulfone groups is 1. The Balaban J connectivity index is 1.98. The normalized spacial score (nSPS) is 12.8. The molecular weight excluding hydrogens is 366 g/mol. The third-order valence-electron chi connectivity index (χ3n) is 3.26. The third-order valence-corrected chi connectivity index (χ3v) is 5.74. The molecule has 24 heavy (non-hydrogen) atoms. The van der Waals surface area contributed by atoms with Crippen LogP contribution in [0.3, 0.4) is 0 Å². The number of rotatable bonds is 7. The number of nitrogens with zero attached hydrogens (tertiary/aromatic N) is 1. The molecule has 0 fully saturated rings. The second-order valence-corrected chi connectivity index (χ2v) is 9.28. The van der Waals surface area contributed by atoms with Gasteiger partial charge >= 0.3 is 0 Å². The Morgan fingerprint density at radius 2 is 2.04 bits per heavy atom. The van der Waals surface area contributed by atoms with E-state index in [1.165, 1.54) is 16.2 Å². The van der Waals surface area contributed by atoms with Crippen molar-refractivity contribution in [3.8, 4) is 11.3 Å². The topological polar surface area (TPSA) is 102 Å². The van der Waals surface area contributed by atoms with Gasteiger partial charge in [0.2, 0.25) is 5.91 Å². The first-order valence-electron chi connectivity index (χ1n) is 7.12. The van der Waals surface area contributed by atoms with Crippen LogP contribution in [0, 0.1) is 0 Å². The van der Waals surface area contributed by atoms with E-state index in [0.717, 1.165) is 17.5 Å². The van der Waals surface area contributed by atoms with Crippen LogP contribution in [0.4, 0.5) is 5.13 Å². The molecule has 1 heterocycles. The average Bonchev–Trinajstić information content (AvgIpc) is 3.00. The molecule has 0 aliphatic carbocycles. The fourth-order valence-corrected chi connectivity index (χ4v) is 3.71. The standard InChI is InChI=1S/C15H19N3O3S3/c1-22-11-5-3-10(4-6-11)13-9-23-15(17-13)18-14(19)12(16)7-8-24(2,20)21/h3-6,9,12H,7-8,16H2,1-2H3,(H,17,18,19). The Labute approximate surface area is 149 Å². The Hall–Kier alpha value is -1.42. The van der Waals surface area contributed by atoms with Crippen LogP contribution in [0.5, 0.6) is 0 Å². The van der Waals surface area contributed by atoms with Crippen molar-refractivity contribution in [2.45, 2.75) is 17.4 Å². The molecule has 6 nitrogen and oxygen atoms in total. The summed E-state index contributed by atoms with van der Waals surface area (Å²) in [6.07, 6.45) is 3.21. The van der Waals surface area contributed by atoms with Crippen LogP contribution in [0.15, 0.2) is 34.5 Å². The number of benzene rings is 1. The van der Waals surface area contributed by atoms with Gasteiger partial charge in [0.05, 0.1) is 17.5 Å². The number of nitrogens with two attached hydrogens (primary N) is 1. The molecule has 9 heteroatoms. The predicted molar refractivity (Wildman–Crippen MR) is 100 cm³/mol. The van der Waals surface area contributed by atoms with Gasteiger partial charge in [-0.1, -0.05) is 12.1 Å². The molecule has 0 bridgehead atoms. The number of nitrogens with one attached hydrogen (secondary N) is 1. The lowest BCUT2D eigenvalue weighted by atomic mass is 10.2. The van der Waals surface area contributed by atoms with Gasteiger partial charge in [-0.3, -0.25) is 4.79 Å². The lowest BCUT2D eigenvalue weighted by Gasteiger charge is -2.09. The van der Waals surface area contributed by atoms with Crippen LogP contribution in [0.25, 0.3) is 11.3 Å². The smallest absolute Gasteiger partial charge is 0.243 e. The molecule has 2 aromatic rings. The average molecular weight is 386 g/mol. The zero-order chi connectivity index (χ0) is 17.7. The van der Waals surface area contributed by atoms with E-state index in [4.69, 9.17) is 5.73 Å². The van der Waals surface area contributed by atoms with E-state index in [0.29, 0.717) is 5.13 Å². The van der Waals surface area contributed by atoms with E-state index in [9.17, 15) is 13.2 Å². The summed E-state index contributed by atoms with van der Waals surface area (Å²) in [6, 6.07) is 7.10. The van der Waals surface area contributed by atoms with Crippen LogP contribution in [-0.2, 0) is 14.6 Å². The number of hydrogen-bond acceptors (Lipinski definition) is 7. The molecule has 0 radical (unpaired) electrons.